The van der Waals surface area contributed by atoms with Crippen LogP contribution in [0.15, 0.2) is 39.2 Å². The van der Waals surface area contributed by atoms with E-state index in [1.807, 2.05) is 0 Å². The average Bonchev–Trinajstić information content (AvgIpc) is 2.65. The molecule has 2 rings (SSSR count). The maximum absolute atomic E-state index is 14.0. The van der Waals surface area contributed by atoms with Gasteiger partial charge in [-0.25, -0.2) is 4.79 Å². The van der Waals surface area contributed by atoms with Crippen molar-refractivity contribution in [1.82, 2.24) is 0 Å². The highest BCUT2D eigenvalue weighted by Crippen LogP contribution is 2.39. The molecule has 0 radical (unpaired) electrons. The molecule has 1 aromatic carbocycles. The van der Waals surface area contributed by atoms with Crippen LogP contribution in [0.4, 0.5) is 13.2 Å². The Labute approximate surface area is 172 Å². The standard InChI is InChI=1S/C16H15ClF3N3O3S2/c1-4-25-12(24)15(16(18,19)20)22-11(9-6-5-7-10(17)8-9)26-13(23-15)21-14(27-2)28-3/h5-8H,4H2,1-3H3. The molecular weight excluding hydrogens is 439 g/mol. The van der Waals surface area contributed by atoms with E-state index in [0.717, 1.165) is 0 Å². The molecular formula is C16H15ClF3N3O3S2. The smallest absolute Gasteiger partial charge is 0.446 e. The van der Waals surface area contributed by atoms with Crippen LogP contribution in [0.3, 0.4) is 0 Å². The number of ether oxygens (including phenoxy) is 2. The summed E-state index contributed by atoms with van der Waals surface area (Å²) in [7, 11) is 0. The highest BCUT2D eigenvalue weighted by molar-refractivity contribution is 8.38. The molecule has 0 aromatic heterocycles. The molecule has 152 valence electrons. The molecule has 1 aliphatic rings. The molecule has 1 unspecified atom stereocenters. The lowest BCUT2D eigenvalue weighted by Gasteiger charge is -2.29. The lowest BCUT2D eigenvalue weighted by molar-refractivity contribution is -0.204. The number of nitrogens with zero attached hydrogens (tertiary/aromatic N) is 3. The van der Waals surface area contributed by atoms with E-state index in [4.69, 9.17) is 16.3 Å². The molecule has 1 aliphatic heterocycles. The molecule has 0 aliphatic carbocycles. The quantitative estimate of drug-likeness (QED) is 0.386. The zero-order valence-corrected chi connectivity index (χ0v) is 17.3. The predicted molar refractivity (Wildman–Crippen MR) is 106 cm³/mol. The van der Waals surface area contributed by atoms with Crippen LogP contribution < -0.4 is 0 Å². The summed E-state index contributed by atoms with van der Waals surface area (Å²) < 4.78 is 52.2. The SMILES string of the molecule is CCOC(=O)C1(C(F)(F)F)N=C(N=C(SC)SC)OC(c2cccc(Cl)c2)=N1. The van der Waals surface area contributed by atoms with Gasteiger partial charge in [0.2, 0.25) is 5.90 Å². The van der Waals surface area contributed by atoms with Crippen LogP contribution in [-0.4, -0.2) is 53.2 Å². The molecule has 0 fully saturated rings. The van der Waals surface area contributed by atoms with Crippen molar-refractivity contribution in [2.75, 3.05) is 19.1 Å². The van der Waals surface area contributed by atoms with E-state index >= 15 is 0 Å². The fourth-order valence-corrected chi connectivity index (χ4v) is 3.25. The van der Waals surface area contributed by atoms with Crippen molar-refractivity contribution in [1.29, 1.82) is 0 Å². The van der Waals surface area contributed by atoms with Crippen LogP contribution in [0, 0.1) is 0 Å². The largest absolute Gasteiger partial charge is 0.462 e. The minimum absolute atomic E-state index is 0.128. The first-order valence-electron chi connectivity index (χ1n) is 7.71. The van der Waals surface area contributed by atoms with Crippen molar-refractivity contribution in [2.45, 2.75) is 18.8 Å². The van der Waals surface area contributed by atoms with Gasteiger partial charge in [-0.1, -0.05) is 17.7 Å². The molecule has 0 N–H and O–H groups in total. The number of hydrogen-bond acceptors (Lipinski definition) is 8. The number of amidine groups is 1. The van der Waals surface area contributed by atoms with E-state index in [1.54, 1.807) is 12.5 Å². The second-order valence-electron chi connectivity index (χ2n) is 5.10. The molecule has 0 amide bonds. The van der Waals surface area contributed by atoms with Gasteiger partial charge in [0, 0.05) is 10.6 Å². The summed E-state index contributed by atoms with van der Waals surface area (Å²) in [5.74, 6) is -2.17. The lowest BCUT2D eigenvalue weighted by Crippen LogP contribution is -2.53. The molecule has 1 heterocycles. The zero-order chi connectivity index (χ0) is 20.9. The second-order valence-corrected chi connectivity index (χ2v) is 7.38. The van der Waals surface area contributed by atoms with E-state index in [0.29, 0.717) is 4.38 Å². The summed E-state index contributed by atoms with van der Waals surface area (Å²) in [6.07, 6.45) is -1.81. The van der Waals surface area contributed by atoms with Gasteiger partial charge in [0.25, 0.3) is 0 Å². The van der Waals surface area contributed by atoms with Crippen LogP contribution in [0.25, 0.3) is 0 Å². The van der Waals surface area contributed by atoms with Gasteiger partial charge >= 0.3 is 23.8 Å². The third-order valence-corrected chi connectivity index (χ3v) is 5.39. The highest BCUT2D eigenvalue weighted by atomic mass is 35.5. The van der Waals surface area contributed by atoms with Crippen LogP contribution in [0.1, 0.15) is 12.5 Å². The maximum Gasteiger partial charge on any atom is 0.446 e. The molecule has 1 atom stereocenters. The molecule has 0 spiro atoms. The number of hydrogen-bond donors (Lipinski definition) is 0. The molecule has 6 nitrogen and oxygen atoms in total. The van der Waals surface area contributed by atoms with Crippen molar-refractivity contribution in [3.05, 3.63) is 34.9 Å². The third-order valence-electron chi connectivity index (χ3n) is 3.27. The zero-order valence-electron chi connectivity index (χ0n) is 14.9. The van der Waals surface area contributed by atoms with Crippen LogP contribution in [0.5, 0.6) is 0 Å². The normalized spacial score (nSPS) is 19.2. The van der Waals surface area contributed by atoms with Crippen molar-refractivity contribution >= 4 is 57.4 Å². The van der Waals surface area contributed by atoms with Gasteiger partial charge in [0.05, 0.1) is 6.61 Å². The Morgan fingerprint density at radius 3 is 2.54 bits per heavy atom. The molecule has 0 saturated heterocycles. The van der Waals surface area contributed by atoms with Gasteiger partial charge in [-0.2, -0.15) is 28.1 Å². The Balaban J connectivity index is 2.71. The van der Waals surface area contributed by atoms with E-state index in [2.05, 4.69) is 19.7 Å². The minimum Gasteiger partial charge on any atom is -0.462 e. The van der Waals surface area contributed by atoms with Crippen molar-refractivity contribution in [2.24, 2.45) is 15.0 Å². The van der Waals surface area contributed by atoms with Crippen molar-refractivity contribution in [3.8, 4) is 0 Å². The number of esters is 1. The number of carbonyl (C=O) groups is 1. The summed E-state index contributed by atoms with van der Waals surface area (Å²) in [5, 5.41) is 0.249. The highest BCUT2D eigenvalue weighted by Gasteiger charge is 2.65. The van der Waals surface area contributed by atoms with E-state index in [1.165, 1.54) is 54.7 Å². The predicted octanol–water partition coefficient (Wildman–Crippen LogP) is 4.38. The van der Waals surface area contributed by atoms with Gasteiger partial charge in [0.1, 0.15) is 4.38 Å². The molecule has 12 heteroatoms. The van der Waals surface area contributed by atoms with Crippen LogP contribution in [0.2, 0.25) is 5.02 Å². The van der Waals surface area contributed by atoms with Crippen LogP contribution >= 0.6 is 35.1 Å². The van der Waals surface area contributed by atoms with Gasteiger partial charge in [-0.15, -0.1) is 23.5 Å². The summed E-state index contributed by atoms with van der Waals surface area (Å²) in [5.41, 5.74) is -3.40. The van der Waals surface area contributed by atoms with Crippen molar-refractivity contribution in [3.63, 3.8) is 0 Å². The lowest BCUT2D eigenvalue weighted by atomic mass is 10.1. The number of rotatable bonds is 3. The molecule has 0 bridgehead atoms. The van der Waals surface area contributed by atoms with Gasteiger partial charge in [0.15, 0.2) is 0 Å². The fraction of sp³-hybridized carbons (Fsp3) is 0.375. The van der Waals surface area contributed by atoms with Gasteiger partial charge < -0.3 is 9.47 Å². The Morgan fingerprint density at radius 1 is 1.32 bits per heavy atom. The number of aliphatic imine (C=N–C) groups is 3. The summed E-state index contributed by atoms with van der Waals surface area (Å²) in [6, 6.07) is 5.17. The van der Waals surface area contributed by atoms with Gasteiger partial charge in [-0.05, 0) is 37.6 Å². The van der Waals surface area contributed by atoms with Crippen LogP contribution in [-0.2, 0) is 14.3 Å². The Bertz CT molecular complexity index is 840. The Morgan fingerprint density at radius 2 is 2.00 bits per heavy atom. The van der Waals surface area contributed by atoms with Crippen molar-refractivity contribution < 1.29 is 27.4 Å². The summed E-state index contributed by atoms with van der Waals surface area (Å²) in [6.45, 7) is 1.10. The first-order valence-corrected chi connectivity index (χ1v) is 10.5. The monoisotopic (exact) mass is 453 g/mol. The first kappa shape index (κ1) is 22.6. The number of benzene rings is 1. The van der Waals surface area contributed by atoms with E-state index in [9.17, 15) is 18.0 Å². The van der Waals surface area contributed by atoms with Gasteiger partial charge in [-0.3, -0.25) is 0 Å². The maximum atomic E-state index is 14.0. The Hall–Kier alpha value is -1.72. The second kappa shape index (κ2) is 9.19. The fourth-order valence-electron chi connectivity index (χ4n) is 2.05. The summed E-state index contributed by atoms with van der Waals surface area (Å²) >= 11 is 8.28. The molecule has 0 saturated carbocycles. The topological polar surface area (TPSA) is 72.6 Å². The first-order chi connectivity index (χ1) is 13.2. The molecule has 28 heavy (non-hydrogen) atoms. The number of thioether (sulfide) groups is 2. The molecule has 1 aromatic rings. The number of carbonyl (C=O) groups excluding carboxylic acids is 1. The van der Waals surface area contributed by atoms with E-state index < -0.39 is 29.7 Å². The Kier molecular flexibility index (Phi) is 7.40. The minimum atomic E-state index is -5.19. The third kappa shape index (κ3) is 4.81. The number of alkyl halides is 3. The van der Waals surface area contributed by atoms with E-state index in [-0.39, 0.29) is 17.2 Å². The summed E-state index contributed by atoms with van der Waals surface area (Å²) in [4.78, 5) is 23.1. The number of halogens is 4. The average molecular weight is 454 g/mol.